The van der Waals surface area contributed by atoms with E-state index in [2.05, 4.69) is 4.90 Å². The van der Waals surface area contributed by atoms with Crippen molar-refractivity contribution in [1.29, 1.82) is 0 Å². The Hall–Kier alpha value is -0.0800. The lowest BCUT2D eigenvalue weighted by Crippen LogP contribution is -2.49. The van der Waals surface area contributed by atoms with E-state index < -0.39 is 0 Å². The summed E-state index contributed by atoms with van der Waals surface area (Å²) in [6.45, 7) is 2.57. The number of nitrogens with zero attached hydrogens (tertiary/aromatic N) is 1. The molecule has 2 heterocycles. The number of aliphatic hydroxyl groups excluding tert-OH is 1. The van der Waals surface area contributed by atoms with Gasteiger partial charge in [-0.25, -0.2) is 0 Å². The van der Waals surface area contributed by atoms with Crippen molar-refractivity contribution in [1.82, 2.24) is 4.90 Å². The highest BCUT2D eigenvalue weighted by Crippen LogP contribution is 2.43. The molecule has 13 heavy (non-hydrogen) atoms. The highest BCUT2D eigenvalue weighted by atomic mass is 16.3. The molecule has 1 N–H and O–H groups in total. The maximum atomic E-state index is 9.91. The standard InChI is InChI=1S/C11H19NO/c13-11-6-8-5-9(11)10-3-1-2-4-12(10)7-8/h8-11,13H,1-7H2/t8-,9-,10-,11-/m0/s1. The normalized spacial score (nSPS) is 50.5. The van der Waals surface area contributed by atoms with Crippen LogP contribution in [0.4, 0.5) is 0 Å². The first kappa shape index (κ1) is 8.25. The Balaban J connectivity index is 1.82. The monoisotopic (exact) mass is 181 g/mol. The van der Waals surface area contributed by atoms with E-state index in [1.54, 1.807) is 0 Å². The predicted molar refractivity (Wildman–Crippen MR) is 51.4 cm³/mol. The smallest absolute Gasteiger partial charge is 0.0586 e. The molecule has 0 aromatic rings. The molecule has 1 saturated carbocycles. The summed E-state index contributed by atoms with van der Waals surface area (Å²) in [6, 6.07) is 0.738. The van der Waals surface area contributed by atoms with E-state index in [1.807, 2.05) is 0 Å². The summed E-state index contributed by atoms with van der Waals surface area (Å²) in [5, 5.41) is 9.91. The van der Waals surface area contributed by atoms with Gasteiger partial charge in [-0.2, -0.15) is 0 Å². The lowest BCUT2D eigenvalue weighted by molar-refractivity contribution is 0.0245. The first-order valence-electron chi connectivity index (χ1n) is 5.77. The van der Waals surface area contributed by atoms with Crippen LogP contribution in [0.15, 0.2) is 0 Å². The summed E-state index contributed by atoms with van der Waals surface area (Å²) < 4.78 is 0. The molecule has 0 unspecified atom stereocenters. The van der Waals surface area contributed by atoms with Crippen LogP contribution in [0.2, 0.25) is 0 Å². The fourth-order valence-electron chi connectivity index (χ4n) is 3.78. The second-order valence-corrected chi connectivity index (χ2v) is 5.13. The largest absolute Gasteiger partial charge is 0.393 e. The van der Waals surface area contributed by atoms with Crippen molar-refractivity contribution in [2.75, 3.05) is 13.1 Å². The summed E-state index contributed by atoms with van der Waals surface area (Å²) in [5.41, 5.74) is 0. The highest BCUT2D eigenvalue weighted by Gasteiger charge is 2.45. The second-order valence-electron chi connectivity index (χ2n) is 5.13. The molecule has 2 saturated heterocycles. The van der Waals surface area contributed by atoms with Crippen molar-refractivity contribution in [3.05, 3.63) is 0 Å². The van der Waals surface area contributed by atoms with Gasteiger partial charge in [0.25, 0.3) is 0 Å². The average molecular weight is 181 g/mol. The summed E-state index contributed by atoms with van der Waals surface area (Å²) >= 11 is 0. The molecule has 3 fully saturated rings. The molecule has 2 bridgehead atoms. The van der Waals surface area contributed by atoms with Crippen molar-refractivity contribution < 1.29 is 5.11 Å². The zero-order chi connectivity index (χ0) is 8.84. The van der Waals surface area contributed by atoms with Crippen LogP contribution >= 0.6 is 0 Å². The summed E-state index contributed by atoms with van der Waals surface area (Å²) in [6.07, 6.45) is 6.52. The van der Waals surface area contributed by atoms with Crippen LogP contribution in [0.1, 0.15) is 32.1 Å². The molecular weight excluding hydrogens is 162 g/mol. The maximum absolute atomic E-state index is 9.91. The first-order chi connectivity index (χ1) is 6.34. The van der Waals surface area contributed by atoms with Crippen molar-refractivity contribution in [2.45, 2.75) is 44.2 Å². The molecule has 0 aromatic heterocycles. The lowest BCUT2D eigenvalue weighted by atomic mass is 9.84. The van der Waals surface area contributed by atoms with E-state index in [4.69, 9.17) is 0 Å². The third-order valence-electron chi connectivity index (χ3n) is 4.33. The predicted octanol–water partition coefficient (Wildman–Crippen LogP) is 1.24. The minimum atomic E-state index is 0.0260. The molecule has 1 aliphatic carbocycles. The van der Waals surface area contributed by atoms with Crippen molar-refractivity contribution in [2.24, 2.45) is 11.8 Å². The lowest BCUT2D eigenvalue weighted by Gasteiger charge is -2.43. The van der Waals surface area contributed by atoms with Gasteiger partial charge in [0, 0.05) is 18.5 Å². The molecule has 4 atom stereocenters. The molecule has 0 amide bonds. The van der Waals surface area contributed by atoms with Crippen LogP contribution < -0.4 is 0 Å². The van der Waals surface area contributed by atoms with Crippen LogP contribution in [-0.4, -0.2) is 35.2 Å². The Bertz CT molecular complexity index is 206. The molecule has 2 nitrogen and oxygen atoms in total. The van der Waals surface area contributed by atoms with Crippen LogP contribution in [0.3, 0.4) is 0 Å². The first-order valence-corrected chi connectivity index (χ1v) is 5.77. The van der Waals surface area contributed by atoms with Gasteiger partial charge in [0.05, 0.1) is 6.10 Å². The van der Waals surface area contributed by atoms with E-state index in [0.29, 0.717) is 5.92 Å². The second kappa shape index (κ2) is 2.96. The average Bonchev–Trinajstić information content (AvgIpc) is 2.44. The maximum Gasteiger partial charge on any atom is 0.0586 e. The van der Waals surface area contributed by atoms with Gasteiger partial charge in [0.15, 0.2) is 0 Å². The Kier molecular flexibility index (Phi) is 1.88. The molecule has 3 rings (SSSR count). The Morgan fingerprint density at radius 3 is 3.00 bits per heavy atom. The van der Waals surface area contributed by atoms with E-state index in [-0.39, 0.29) is 6.10 Å². The minimum Gasteiger partial charge on any atom is -0.393 e. The number of hydrogen-bond donors (Lipinski definition) is 1. The summed E-state index contributed by atoms with van der Waals surface area (Å²) in [4.78, 5) is 2.65. The number of fused-ring (bicyclic) bond motifs is 4. The van der Waals surface area contributed by atoms with Crippen LogP contribution in [0, 0.1) is 11.8 Å². The molecule has 0 spiro atoms. The molecule has 2 heteroatoms. The van der Waals surface area contributed by atoms with Crippen LogP contribution in [0.25, 0.3) is 0 Å². The van der Waals surface area contributed by atoms with Crippen molar-refractivity contribution >= 4 is 0 Å². The minimum absolute atomic E-state index is 0.0260. The Labute approximate surface area is 79.9 Å². The number of piperidine rings is 2. The number of rotatable bonds is 0. The number of aliphatic hydroxyl groups is 1. The molecule has 2 aliphatic heterocycles. The topological polar surface area (TPSA) is 23.5 Å². The Morgan fingerprint density at radius 2 is 2.08 bits per heavy atom. The molecule has 3 aliphatic rings. The zero-order valence-electron chi connectivity index (χ0n) is 8.15. The summed E-state index contributed by atoms with van der Waals surface area (Å²) in [7, 11) is 0. The van der Waals surface area contributed by atoms with Gasteiger partial charge in [-0.3, -0.25) is 4.90 Å². The zero-order valence-corrected chi connectivity index (χ0v) is 8.15. The fourth-order valence-corrected chi connectivity index (χ4v) is 3.78. The van der Waals surface area contributed by atoms with E-state index in [9.17, 15) is 5.11 Å². The third kappa shape index (κ3) is 1.23. The third-order valence-corrected chi connectivity index (χ3v) is 4.33. The van der Waals surface area contributed by atoms with Crippen LogP contribution in [0.5, 0.6) is 0 Å². The molecule has 74 valence electrons. The van der Waals surface area contributed by atoms with Crippen molar-refractivity contribution in [3.63, 3.8) is 0 Å². The van der Waals surface area contributed by atoms with E-state index in [0.717, 1.165) is 18.4 Å². The van der Waals surface area contributed by atoms with Gasteiger partial charge in [-0.15, -0.1) is 0 Å². The number of hydrogen-bond acceptors (Lipinski definition) is 2. The van der Waals surface area contributed by atoms with Gasteiger partial charge in [-0.1, -0.05) is 6.42 Å². The van der Waals surface area contributed by atoms with Gasteiger partial charge in [0.1, 0.15) is 0 Å². The van der Waals surface area contributed by atoms with Crippen molar-refractivity contribution in [3.8, 4) is 0 Å². The molecule has 0 aromatic carbocycles. The molecular formula is C11H19NO. The van der Waals surface area contributed by atoms with Gasteiger partial charge >= 0.3 is 0 Å². The van der Waals surface area contributed by atoms with E-state index >= 15 is 0 Å². The van der Waals surface area contributed by atoms with Gasteiger partial charge < -0.3 is 5.11 Å². The fraction of sp³-hybridized carbons (Fsp3) is 1.00. The van der Waals surface area contributed by atoms with Gasteiger partial charge in [0.2, 0.25) is 0 Å². The van der Waals surface area contributed by atoms with Gasteiger partial charge in [-0.05, 0) is 38.1 Å². The SMILES string of the molecule is O[C@H]1C[C@@H]2C[C@H]1[C@@H]1CCCCN1C2. The summed E-state index contributed by atoms with van der Waals surface area (Å²) in [5.74, 6) is 1.44. The van der Waals surface area contributed by atoms with Crippen LogP contribution in [-0.2, 0) is 0 Å². The van der Waals surface area contributed by atoms with E-state index in [1.165, 1.54) is 38.8 Å². The highest BCUT2D eigenvalue weighted by molar-refractivity contribution is 4.98. The quantitative estimate of drug-likeness (QED) is 0.608. The Morgan fingerprint density at radius 1 is 1.15 bits per heavy atom. The molecule has 0 radical (unpaired) electrons.